The molecule has 0 aromatic heterocycles. The minimum atomic E-state index is -0.528. The Hall–Kier alpha value is -1.06. The number of rotatable bonds is 5. The summed E-state index contributed by atoms with van der Waals surface area (Å²) in [6, 6.07) is -0.359. The molecule has 1 fully saturated rings. The maximum atomic E-state index is 12.1. The SMILES string of the molecule is CC(C)CC(=O)C(NC(=O)OC(C)(C)C)C1CC1. The Bertz CT molecular complexity index is 313. The van der Waals surface area contributed by atoms with Gasteiger partial charge in [0.25, 0.3) is 0 Å². The maximum absolute atomic E-state index is 12.1. The number of amides is 1. The van der Waals surface area contributed by atoms with Crippen LogP contribution in [0.3, 0.4) is 0 Å². The van der Waals surface area contributed by atoms with Gasteiger partial charge in [-0.3, -0.25) is 4.79 Å². The Morgan fingerprint density at radius 2 is 1.83 bits per heavy atom. The van der Waals surface area contributed by atoms with Crippen molar-refractivity contribution < 1.29 is 14.3 Å². The monoisotopic (exact) mass is 255 g/mol. The smallest absolute Gasteiger partial charge is 0.408 e. The van der Waals surface area contributed by atoms with Gasteiger partial charge in [-0.1, -0.05) is 13.8 Å². The van der Waals surface area contributed by atoms with Gasteiger partial charge in [0.05, 0.1) is 6.04 Å². The van der Waals surface area contributed by atoms with Gasteiger partial charge in [0.1, 0.15) is 5.60 Å². The summed E-state index contributed by atoms with van der Waals surface area (Å²) < 4.78 is 5.20. The van der Waals surface area contributed by atoms with Crippen molar-refractivity contribution in [2.45, 2.75) is 65.5 Å². The van der Waals surface area contributed by atoms with Crippen LogP contribution in [0, 0.1) is 11.8 Å². The van der Waals surface area contributed by atoms with Gasteiger partial charge in [0.2, 0.25) is 0 Å². The van der Waals surface area contributed by atoms with Crippen LogP contribution in [0.2, 0.25) is 0 Å². The minimum absolute atomic E-state index is 0.123. The fourth-order valence-corrected chi connectivity index (χ4v) is 1.85. The lowest BCUT2D eigenvalue weighted by Crippen LogP contribution is -2.45. The molecule has 104 valence electrons. The van der Waals surface area contributed by atoms with Crippen LogP contribution in [0.15, 0.2) is 0 Å². The highest BCUT2D eigenvalue weighted by molar-refractivity contribution is 5.88. The van der Waals surface area contributed by atoms with E-state index in [0.717, 1.165) is 12.8 Å². The topological polar surface area (TPSA) is 55.4 Å². The van der Waals surface area contributed by atoms with Crippen LogP contribution in [0.25, 0.3) is 0 Å². The molecule has 1 amide bonds. The lowest BCUT2D eigenvalue weighted by Gasteiger charge is -2.23. The third-order valence-corrected chi connectivity index (χ3v) is 2.72. The van der Waals surface area contributed by atoms with Crippen molar-refractivity contribution in [1.82, 2.24) is 5.32 Å². The number of ketones is 1. The summed E-state index contributed by atoms with van der Waals surface area (Å²) in [4.78, 5) is 23.8. The Morgan fingerprint density at radius 3 is 2.22 bits per heavy atom. The van der Waals surface area contributed by atoms with Crippen molar-refractivity contribution in [3.05, 3.63) is 0 Å². The molecule has 1 rings (SSSR count). The summed E-state index contributed by atoms with van der Waals surface area (Å²) in [6.07, 6.45) is 2.06. The van der Waals surface area contributed by atoms with Crippen LogP contribution < -0.4 is 5.32 Å². The van der Waals surface area contributed by atoms with E-state index in [-0.39, 0.29) is 11.8 Å². The summed E-state index contributed by atoms with van der Waals surface area (Å²) in [5, 5.41) is 2.73. The van der Waals surface area contributed by atoms with Crippen molar-refractivity contribution in [2.75, 3.05) is 0 Å². The number of ether oxygens (including phenoxy) is 1. The summed E-state index contributed by atoms with van der Waals surface area (Å²) >= 11 is 0. The third-order valence-electron chi connectivity index (χ3n) is 2.72. The van der Waals surface area contributed by atoms with E-state index in [0.29, 0.717) is 18.3 Å². The quantitative estimate of drug-likeness (QED) is 0.821. The van der Waals surface area contributed by atoms with Gasteiger partial charge in [-0.25, -0.2) is 4.79 Å². The van der Waals surface area contributed by atoms with E-state index in [4.69, 9.17) is 4.74 Å². The number of carbonyl (C=O) groups is 2. The van der Waals surface area contributed by atoms with E-state index in [2.05, 4.69) is 5.32 Å². The van der Waals surface area contributed by atoms with Crippen molar-refractivity contribution >= 4 is 11.9 Å². The van der Waals surface area contributed by atoms with Crippen LogP contribution >= 0.6 is 0 Å². The molecular weight excluding hydrogens is 230 g/mol. The van der Waals surface area contributed by atoms with Crippen molar-refractivity contribution in [3.63, 3.8) is 0 Å². The molecule has 1 unspecified atom stereocenters. The average molecular weight is 255 g/mol. The Kier molecular flexibility index (Phi) is 4.77. The molecule has 1 atom stereocenters. The van der Waals surface area contributed by atoms with E-state index in [9.17, 15) is 9.59 Å². The molecule has 18 heavy (non-hydrogen) atoms. The van der Waals surface area contributed by atoms with Crippen LogP contribution in [0.5, 0.6) is 0 Å². The van der Waals surface area contributed by atoms with Gasteiger partial charge in [-0.2, -0.15) is 0 Å². The zero-order chi connectivity index (χ0) is 13.9. The van der Waals surface area contributed by atoms with Gasteiger partial charge in [0, 0.05) is 6.42 Å². The van der Waals surface area contributed by atoms with Gasteiger partial charge in [-0.15, -0.1) is 0 Å². The number of alkyl carbamates (subject to hydrolysis) is 1. The van der Waals surface area contributed by atoms with E-state index >= 15 is 0 Å². The molecule has 0 radical (unpaired) electrons. The second-order valence-electron chi connectivity index (χ2n) is 6.53. The molecule has 0 aromatic carbocycles. The predicted octanol–water partition coefficient (Wildman–Crippen LogP) is 2.90. The minimum Gasteiger partial charge on any atom is -0.444 e. The molecule has 4 nitrogen and oxygen atoms in total. The molecular formula is C14H25NO3. The van der Waals surface area contributed by atoms with E-state index in [1.165, 1.54) is 0 Å². The molecule has 0 aromatic rings. The maximum Gasteiger partial charge on any atom is 0.408 e. The van der Waals surface area contributed by atoms with E-state index in [1.807, 2.05) is 34.6 Å². The molecule has 1 N–H and O–H groups in total. The van der Waals surface area contributed by atoms with Gasteiger partial charge in [0.15, 0.2) is 5.78 Å². The number of nitrogens with one attached hydrogen (secondary N) is 1. The first-order valence-corrected chi connectivity index (χ1v) is 6.71. The largest absolute Gasteiger partial charge is 0.444 e. The van der Waals surface area contributed by atoms with Gasteiger partial charge in [-0.05, 0) is 45.4 Å². The fourth-order valence-electron chi connectivity index (χ4n) is 1.85. The molecule has 1 aliphatic rings. The van der Waals surface area contributed by atoms with Crippen molar-refractivity contribution in [2.24, 2.45) is 11.8 Å². The van der Waals surface area contributed by atoms with Crippen molar-refractivity contribution in [3.8, 4) is 0 Å². The Balaban J connectivity index is 2.53. The number of Topliss-reactive ketones (excluding diaryl/α,β-unsaturated/α-hetero) is 1. The normalized spacial score (nSPS) is 17.4. The predicted molar refractivity (Wildman–Crippen MR) is 70.3 cm³/mol. The number of hydrogen-bond donors (Lipinski definition) is 1. The van der Waals surface area contributed by atoms with E-state index < -0.39 is 11.7 Å². The lowest BCUT2D eigenvalue weighted by atomic mass is 9.99. The van der Waals surface area contributed by atoms with Crippen LogP contribution in [0.4, 0.5) is 4.79 Å². The molecule has 1 saturated carbocycles. The summed E-state index contributed by atoms with van der Waals surface area (Å²) in [7, 11) is 0. The molecule has 1 aliphatic carbocycles. The second-order valence-corrected chi connectivity index (χ2v) is 6.53. The molecule has 0 saturated heterocycles. The van der Waals surface area contributed by atoms with Crippen LogP contribution in [-0.2, 0) is 9.53 Å². The third kappa shape index (κ3) is 5.52. The van der Waals surface area contributed by atoms with Crippen molar-refractivity contribution in [1.29, 1.82) is 0 Å². The first-order chi connectivity index (χ1) is 8.19. The highest BCUT2D eigenvalue weighted by Gasteiger charge is 2.37. The summed E-state index contributed by atoms with van der Waals surface area (Å²) in [6.45, 7) is 9.46. The fraction of sp³-hybridized carbons (Fsp3) is 0.857. The zero-order valence-electron chi connectivity index (χ0n) is 12.1. The summed E-state index contributed by atoms with van der Waals surface area (Å²) in [5.74, 6) is 0.751. The van der Waals surface area contributed by atoms with Crippen LogP contribution in [-0.4, -0.2) is 23.5 Å². The first-order valence-electron chi connectivity index (χ1n) is 6.71. The highest BCUT2D eigenvalue weighted by Crippen LogP contribution is 2.34. The Labute approximate surface area is 109 Å². The molecule has 0 aliphatic heterocycles. The van der Waals surface area contributed by atoms with E-state index in [1.54, 1.807) is 0 Å². The molecule has 0 heterocycles. The number of hydrogen-bond acceptors (Lipinski definition) is 3. The van der Waals surface area contributed by atoms with Gasteiger partial charge < -0.3 is 10.1 Å². The summed E-state index contributed by atoms with van der Waals surface area (Å²) in [5.41, 5.74) is -0.528. The lowest BCUT2D eigenvalue weighted by molar-refractivity contribution is -0.122. The first kappa shape index (κ1) is 15.0. The van der Waals surface area contributed by atoms with Gasteiger partial charge >= 0.3 is 6.09 Å². The second kappa shape index (κ2) is 5.72. The molecule has 0 bridgehead atoms. The zero-order valence-corrected chi connectivity index (χ0v) is 12.1. The average Bonchev–Trinajstić information content (AvgIpc) is 2.92. The number of carbonyl (C=O) groups excluding carboxylic acids is 2. The molecule has 0 spiro atoms. The Morgan fingerprint density at radius 1 is 1.28 bits per heavy atom. The molecule has 4 heteroatoms. The highest BCUT2D eigenvalue weighted by atomic mass is 16.6. The standard InChI is InChI=1S/C14H25NO3/c1-9(2)8-11(16)12(10-6-7-10)15-13(17)18-14(3,4)5/h9-10,12H,6-8H2,1-5H3,(H,15,17). The van der Waals surface area contributed by atoms with Crippen LogP contribution in [0.1, 0.15) is 53.9 Å².